The lowest BCUT2D eigenvalue weighted by Gasteiger charge is -2.03. The monoisotopic (exact) mass is 368 g/mol. The van der Waals surface area contributed by atoms with Gasteiger partial charge in [-0.1, -0.05) is 96.0 Å². The van der Waals surface area contributed by atoms with Crippen molar-refractivity contribution in [3.63, 3.8) is 0 Å². The Balaban J connectivity index is 3.05. The average molecular weight is 369 g/mol. The van der Waals surface area contributed by atoms with Crippen LogP contribution in [-0.4, -0.2) is 22.2 Å². The van der Waals surface area contributed by atoms with Gasteiger partial charge in [0.25, 0.3) is 0 Å². The highest BCUT2D eigenvalue weighted by Gasteiger charge is 1.97. The predicted molar refractivity (Wildman–Crippen MR) is 108 cm³/mol. The number of carboxylic acid groups (broad SMARTS) is 2. The summed E-state index contributed by atoms with van der Waals surface area (Å²) in [5.74, 6) is -1.52. The van der Waals surface area contributed by atoms with Gasteiger partial charge in [-0.3, -0.25) is 4.79 Å². The fraction of sp³-hybridized carbons (Fsp3) is 0.818. The lowest BCUT2D eigenvalue weighted by atomic mass is 10.0. The van der Waals surface area contributed by atoms with E-state index in [0.29, 0.717) is 6.42 Å². The molecule has 0 fully saturated rings. The third-order valence-corrected chi connectivity index (χ3v) is 4.77. The summed E-state index contributed by atoms with van der Waals surface area (Å²) >= 11 is 0. The normalized spacial score (nSPS) is 11.2. The summed E-state index contributed by atoms with van der Waals surface area (Å²) in [6.45, 7) is 0. The Labute approximate surface area is 160 Å². The minimum absolute atomic E-state index is 0.324. The third-order valence-electron chi connectivity index (χ3n) is 4.77. The number of carbonyl (C=O) groups is 2. The van der Waals surface area contributed by atoms with Crippen molar-refractivity contribution in [1.82, 2.24) is 0 Å². The second kappa shape index (κ2) is 20.0. The van der Waals surface area contributed by atoms with Crippen molar-refractivity contribution >= 4 is 11.9 Å². The smallest absolute Gasteiger partial charge is 0.327 e. The minimum atomic E-state index is -0.849. The van der Waals surface area contributed by atoms with Crippen molar-refractivity contribution in [2.75, 3.05) is 0 Å². The van der Waals surface area contributed by atoms with Crippen LogP contribution in [-0.2, 0) is 9.59 Å². The zero-order valence-corrected chi connectivity index (χ0v) is 16.6. The molecular formula is C22H40O4. The zero-order valence-electron chi connectivity index (χ0n) is 16.6. The summed E-state index contributed by atoms with van der Waals surface area (Å²) in [4.78, 5) is 20.7. The molecule has 2 N–H and O–H groups in total. The molecule has 0 rings (SSSR count). The first kappa shape index (κ1) is 24.7. The maximum Gasteiger partial charge on any atom is 0.327 e. The van der Waals surface area contributed by atoms with Gasteiger partial charge in [-0.05, 0) is 19.3 Å². The highest BCUT2D eigenvalue weighted by molar-refractivity contribution is 5.79. The molecule has 26 heavy (non-hydrogen) atoms. The first-order chi connectivity index (χ1) is 12.6. The minimum Gasteiger partial charge on any atom is -0.481 e. The largest absolute Gasteiger partial charge is 0.481 e. The van der Waals surface area contributed by atoms with Crippen LogP contribution < -0.4 is 0 Å². The third kappa shape index (κ3) is 22.7. The molecule has 0 aromatic heterocycles. The number of hydrogen-bond acceptors (Lipinski definition) is 2. The van der Waals surface area contributed by atoms with Crippen LogP contribution in [0.1, 0.15) is 116 Å². The molecule has 0 spiro atoms. The number of unbranched alkanes of at least 4 members (excludes halogenated alkanes) is 16. The first-order valence-corrected chi connectivity index (χ1v) is 10.7. The molecule has 0 amide bonds. The molecule has 0 aromatic carbocycles. The quantitative estimate of drug-likeness (QED) is 0.184. The highest BCUT2D eigenvalue weighted by Crippen LogP contribution is 2.14. The highest BCUT2D eigenvalue weighted by atomic mass is 16.4. The van der Waals surface area contributed by atoms with Gasteiger partial charge in [-0.25, -0.2) is 4.79 Å². The summed E-state index contributed by atoms with van der Waals surface area (Å²) in [5, 5.41) is 17.0. The molecular weight excluding hydrogens is 328 g/mol. The Morgan fingerprint density at radius 3 is 1.23 bits per heavy atom. The van der Waals surface area contributed by atoms with Crippen LogP contribution in [0.2, 0.25) is 0 Å². The summed E-state index contributed by atoms with van der Waals surface area (Å²) in [6.07, 6.45) is 24.2. The molecule has 0 saturated heterocycles. The van der Waals surface area contributed by atoms with E-state index in [0.717, 1.165) is 25.7 Å². The molecule has 4 nitrogen and oxygen atoms in total. The number of carboxylic acids is 2. The molecule has 0 aliphatic carbocycles. The second-order valence-electron chi connectivity index (χ2n) is 7.33. The number of allylic oxidation sites excluding steroid dienone is 1. The number of hydrogen-bond donors (Lipinski definition) is 2. The molecule has 0 saturated carbocycles. The van der Waals surface area contributed by atoms with Gasteiger partial charge in [0, 0.05) is 12.5 Å². The number of aliphatic carboxylic acids is 2. The van der Waals surface area contributed by atoms with E-state index in [2.05, 4.69) is 0 Å². The standard InChI is InChI=1S/C22H40O4/c23-21(24)19-17-15-13-11-9-7-5-3-1-2-4-6-8-10-12-14-16-18-20-22(25)26/h17,19H,1-16,18,20H2,(H,23,24)(H,25,26). The van der Waals surface area contributed by atoms with Crippen LogP contribution in [0.3, 0.4) is 0 Å². The number of rotatable bonds is 20. The summed E-state index contributed by atoms with van der Waals surface area (Å²) < 4.78 is 0. The van der Waals surface area contributed by atoms with E-state index in [1.54, 1.807) is 6.08 Å². The summed E-state index contributed by atoms with van der Waals surface area (Å²) in [7, 11) is 0. The van der Waals surface area contributed by atoms with Crippen molar-refractivity contribution in [2.24, 2.45) is 0 Å². The maximum absolute atomic E-state index is 10.4. The van der Waals surface area contributed by atoms with Gasteiger partial charge in [-0.15, -0.1) is 0 Å². The SMILES string of the molecule is O=C(O)C=CCCCCCCCCCCCCCCCCCCC(=O)O. The topological polar surface area (TPSA) is 74.6 Å². The molecule has 0 heterocycles. The van der Waals surface area contributed by atoms with Gasteiger partial charge >= 0.3 is 11.9 Å². The van der Waals surface area contributed by atoms with Crippen LogP contribution in [0.4, 0.5) is 0 Å². The molecule has 0 aromatic rings. The molecule has 0 unspecified atom stereocenters. The van der Waals surface area contributed by atoms with Crippen molar-refractivity contribution in [2.45, 2.75) is 116 Å². The maximum atomic E-state index is 10.4. The summed E-state index contributed by atoms with van der Waals surface area (Å²) in [5.41, 5.74) is 0. The van der Waals surface area contributed by atoms with E-state index < -0.39 is 11.9 Å². The second-order valence-corrected chi connectivity index (χ2v) is 7.33. The average Bonchev–Trinajstić information content (AvgIpc) is 2.59. The van der Waals surface area contributed by atoms with Crippen molar-refractivity contribution < 1.29 is 19.8 Å². The Hall–Kier alpha value is -1.32. The molecule has 0 aliphatic rings. The van der Waals surface area contributed by atoms with Crippen LogP contribution in [0.15, 0.2) is 12.2 Å². The van der Waals surface area contributed by atoms with Gasteiger partial charge in [0.2, 0.25) is 0 Å². The van der Waals surface area contributed by atoms with E-state index in [-0.39, 0.29) is 0 Å². The Morgan fingerprint density at radius 1 is 0.538 bits per heavy atom. The fourth-order valence-electron chi connectivity index (χ4n) is 3.20. The Kier molecular flexibility index (Phi) is 19.0. The molecule has 0 radical (unpaired) electrons. The van der Waals surface area contributed by atoms with Crippen molar-refractivity contribution in [3.8, 4) is 0 Å². The van der Waals surface area contributed by atoms with E-state index in [9.17, 15) is 9.59 Å². The van der Waals surface area contributed by atoms with Gasteiger partial charge in [0.05, 0.1) is 0 Å². The van der Waals surface area contributed by atoms with Crippen LogP contribution in [0, 0.1) is 0 Å². The molecule has 4 heteroatoms. The van der Waals surface area contributed by atoms with Crippen molar-refractivity contribution in [1.29, 1.82) is 0 Å². The van der Waals surface area contributed by atoms with E-state index >= 15 is 0 Å². The Morgan fingerprint density at radius 2 is 0.885 bits per heavy atom. The molecule has 0 atom stereocenters. The Bertz CT molecular complexity index is 363. The van der Waals surface area contributed by atoms with Gasteiger partial charge in [-0.2, -0.15) is 0 Å². The molecule has 0 aliphatic heterocycles. The lowest BCUT2D eigenvalue weighted by molar-refractivity contribution is -0.137. The first-order valence-electron chi connectivity index (χ1n) is 10.7. The lowest BCUT2D eigenvalue weighted by Crippen LogP contribution is -1.93. The van der Waals surface area contributed by atoms with Crippen LogP contribution in [0.25, 0.3) is 0 Å². The van der Waals surface area contributed by atoms with Gasteiger partial charge < -0.3 is 10.2 Å². The van der Waals surface area contributed by atoms with Gasteiger partial charge in [0.15, 0.2) is 0 Å². The molecule has 152 valence electrons. The van der Waals surface area contributed by atoms with Crippen LogP contribution >= 0.6 is 0 Å². The zero-order chi connectivity index (χ0) is 19.3. The predicted octanol–water partition coefficient (Wildman–Crippen LogP) is 6.73. The molecule has 0 bridgehead atoms. The van der Waals surface area contributed by atoms with Crippen molar-refractivity contribution in [3.05, 3.63) is 12.2 Å². The van der Waals surface area contributed by atoms with E-state index in [1.807, 2.05) is 0 Å². The van der Waals surface area contributed by atoms with E-state index in [4.69, 9.17) is 10.2 Å². The fourth-order valence-corrected chi connectivity index (χ4v) is 3.20. The van der Waals surface area contributed by atoms with E-state index in [1.165, 1.54) is 89.5 Å². The summed E-state index contributed by atoms with van der Waals surface area (Å²) in [6, 6.07) is 0. The van der Waals surface area contributed by atoms with Crippen LogP contribution in [0.5, 0.6) is 0 Å². The van der Waals surface area contributed by atoms with Gasteiger partial charge in [0.1, 0.15) is 0 Å².